The van der Waals surface area contributed by atoms with Crippen molar-refractivity contribution in [2.75, 3.05) is 5.75 Å². The maximum Gasteiger partial charge on any atom is 0.0406 e. The van der Waals surface area contributed by atoms with E-state index in [9.17, 15) is 0 Å². The fourth-order valence-corrected chi connectivity index (χ4v) is 4.27. The SMILES string of the molecule is CCSC1CCCC1NC(CC)c1ccc(Cl)cc1. The van der Waals surface area contributed by atoms with E-state index in [4.69, 9.17) is 11.6 Å². The Morgan fingerprint density at radius 1 is 1.26 bits per heavy atom. The molecule has 0 spiro atoms. The van der Waals surface area contributed by atoms with Crippen molar-refractivity contribution in [2.45, 2.75) is 56.9 Å². The van der Waals surface area contributed by atoms with Gasteiger partial charge in [-0.25, -0.2) is 0 Å². The molecular weight excluding hydrogens is 274 g/mol. The first-order valence-corrected chi connectivity index (χ1v) is 8.80. The van der Waals surface area contributed by atoms with Crippen molar-refractivity contribution in [1.29, 1.82) is 0 Å². The Labute approximate surface area is 126 Å². The zero-order chi connectivity index (χ0) is 13.7. The number of hydrogen-bond donors (Lipinski definition) is 1. The topological polar surface area (TPSA) is 12.0 Å². The van der Waals surface area contributed by atoms with Crippen LogP contribution in [0, 0.1) is 0 Å². The lowest BCUT2D eigenvalue weighted by molar-refractivity contribution is 0.435. The largest absolute Gasteiger partial charge is 0.306 e. The zero-order valence-corrected chi connectivity index (χ0v) is 13.4. The van der Waals surface area contributed by atoms with Crippen molar-refractivity contribution in [3.8, 4) is 0 Å². The smallest absolute Gasteiger partial charge is 0.0406 e. The van der Waals surface area contributed by atoms with Gasteiger partial charge in [0.1, 0.15) is 0 Å². The molecule has 0 aromatic heterocycles. The van der Waals surface area contributed by atoms with E-state index in [0.717, 1.165) is 16.7 Å². The van der Waals surface area contributed by atoms with E-state index >= 15 is 0 Å². The normalized spacial score (nSPS) is 24.6. The number of nitrogens with one attached hydrogen (secondary N) is 1. The number of hydrogen-bond acceptors (Lipinski definition) is 2. The number of halogens is 1. The van der Waals surface area contributed by atoms with E-state index < -0.39 is 0 Å². The first kappa shape index (κ1) is 15.2. The fraction of sp³-hybridized carbons (Fsp3) is 0.625. The van der Waals surface area contributed by atoms with Gasteiger partial charge in [-0.3, -0.25) is 0 Å². The number of benzene rings is 1. The molecule has 0 heterocycles. The average Bonchev–Trinajstić information content (AvgIpc) is 2.85. The summed E-state index contributed by atoms with van der Waals surface area (Å²) in [6.07, 6.45) is 5.18. The quantitative estimate of drug-likeness (QED) is 0.788. The molecule has 0 saturated heterocycles. The third-order valence-electron chi connectivity index (χ3n) is 3.93. The molecule has 1 aliphatic carbocycles. The van der Waals surface area contributed by atoms with Crippen molar-refractivity contribution < 1.29 is 0 Å². The maximum absolute atomic E-state index is 5.97. The molecule has 2 rings (SSSR count). The van der Waals surface area contributed by atoms with Crippen LogP contribution in [-0.4, -0.2) is 17.0 Å². The first-order chi connectivity index (χ1) is 9.24. The number of thioether (sulfide) groups is 1. The maximum atomic E-state index is 5.97. The highest BCUT2D eigenvalue weighted by molar-refractivity contribution is 7.99. The lowest BCUT2D eigenvalue weighted by Crippen LogP contribution is -2.37. The molecule has 3 unspecified atom stereocenters. The Kier molecular flexibility index (Phi) is 6.06. The van der Waals surface area contributed by atoms with Crippen LogP contribution in [0.1, 0.15) is 51.1 Å². The van der Waals surface area contributed by atoms with Gasteiger partial charge in [0.2, 0.25) is 0 Å². The van der Waals surface area contributed by atoms with Crippen molar-refractivity contribution >= 4 is 23.4 Å². The molecule has 1 aromatic rings. The summed E-state index contributed by atoms with van der Waals surface area (Å²) < 4.78 is 0. The van der Waals surface area contributed by atoms with Crippen molar-refractivity contribution in [3.63, 3.8) is 0 Å². The summed E-state index contributed by atoms with van der Waals surface area (Å²) >= 11 is 8.08. The molecular formula is C16H24ClNS. The summed E-state index contributed by atoms with van der Waals surface area (Å²) in [6, 6.07) is 9.43. The van der Waals surface area contributed by atoms with Crippen molar-refractivity contribution in [1.82, 2.24) is 5.32 Å². The Morgan fingerprint density at radius 3 is 2.63 bits per heavy atom. The summed E-state index contributed by atoms with van der Waals surface area (Å²) in [4.78, 5) is 0. The third-order valence-corrected chi connectivity index (χ3v) is 5.51. The molecule has 3 heteroatoms. The second-order valence-corrected chi connectivity index (χ2v) is 7.16. The van der Waals surface area contributed by atoms with Gasteiger partial charge in [0.25, 0.3) is 0 Å². The summed E-state index contributed by atoms with van der Waals surface area (Å²) in [6.45, 7) is 4.51. The van der Waals surface area contributed by atoms with Crippen molar-refractivity contribution in [3.05, 3.63) is 34.9 Å². The number of rotatable bonds is 6. The summed E-state index contributed by atoms with van der Waals surface area (Å²) in [5, 5.41) is 5.49. The molecule has 106 valence electrons. The Balaban J connectivity index is 2.00. The van der Waals surface area contributed by atoms with Crippen LogP contribution < -0.4 is 5.32 Å². The van der Waals surface area contributed by atoms with Crippen LogP contribution >= 0.6 is 23.4 Å². The van der Waals surface area contributed by atoms with Crippen molar-refractivity contribution in [2.24, 2.45) is 0 Å². The summed E-state index contributed by atoms with van der Waals surface area (Å²) in [7, 11) is 0. The van der Waals surface area contributed by atoms with Crippen LogP contribution in [0.2, 0.25) is 5.02 Å². The van der Waals surface area contributed by atoms with Crippen LogP contribution in [0.5, 0.6) is 0 Å². The predicted molar refractivity (Wildman–Crippen MR) is 87.2 cm³/mol. The molecule has 1 N–H and O–H groups in total. The van der Waals surface area contributed by atoms with E-state index in [0.29, 0.717) is 12.1 Å². The Hall–Kier alpha value is -0.180. The fourth-order valence-electron chi connectivity index (χ4n) is 2.93. The molecule has 0 amide bonds. The minimum Gasteiger partial charge on any atom is -0.306 e. The average molecular weight is 298 g/mol. The highest BCUT2D eigenvalue weighted by Crippen LogP contribution is 2.32. The van der Waals surface area contributed by atoms with E-state index in [1.54, 1.807) is 0 Å². The van der Waals surface area contributed by atoms with Gasteiger partial charge in [0.05, 0.1) is 0 Å². The van der Waals surface area contributed by atoms with Crippen LogP contribution in [0.15, 0.2) is 24.3 Å². The van der Waals surface area contributed by atoms with Crippen LogP contribution in [0.3, 0.4) is 0 Å². The molecule has 1 nitrogen and oxygen atoms in total. The molecule has 1 fully saturated rings. The first-order valence-electron chi connectivity index (χ1n) is 7.37. The molecule has 1 aliphatic rings. The monoisotopic (exact) mass is 297 g/mol. The summed E-state index contributed by atoms with van der Waals surface area (Å²) in [5.74, 6) is 1.22. The molecule has 1 saturated carbocycles. The second kappa shape index (κ2) is 7.56. The van der Waals surface area contributed by atoms with Gasteiger partial charge >= 0.3 is 0 Å². The molecule has 3 atom stereocenters. The van der Waals surface area contributed by atoms with E-state index in [1.165, 1.54) is 30.6 Å². The van der Waals surface area contributed by atoms with Gasteiger partial charge in [-0.2, -0.15) is 11.8 Å². The highest BCUT2D eigenvalue weighted by Gasteiger charge is 2.28. The Morgan fingerprint density at radius 2 is 2.00 bits per heavy atom. The van der Waals surface area contributed by atoms with Crippen LogP contribution in [-0.2, 0) is 0 Å². The minimum atomic E-state index is 0.459. The summed E-state index contributed by atoms with van der Waals surface area (Å²) in [5.41, 5.74) is 1.36. The van der Waals surface area contributed by atoms with Gasteiger partial charge in [0, 0.05) is 22.4 Å². The van der Waals surface area contributed by atoms with E-state index in [2.05, 4.69) is 43.1 Å². The van der Waals surface area contributed by atoms with Crippen LogP contribution in [0.25, 0.3) is 0 Å². The molecule has 19 heavy (non-hydrogen) atoms. The Bertz CT molecular complexity index is 379. The zero-order valence-electron chi connectivity index (χ0n) is 11.9. The van der Waals surface area contributed by atoms with E-state index in [1.807, 2.05) is 12.1 Å². The standard InChI is InChI=1S/C16H24ClNS/c1-3-14(12-8-10-13(17)11-9-12)18-15-6-5-7-16(15)19-4-2/h8-11,14-16,18H,3-7H2,1-2H3. The third kappa shape index (κ3) is 4.14. The second-order valence-electron chi connectivity index (χ2n) is 5.21. The lowest BCUT2D eigenvalue weighted by Gasteiger charge is -2.26. The predicted octanol–water partition coefficient (Wildman–Crippen LogP) is 5.05. The minimum absolute atomic E-state index is 0.459. The molecule has 0 radical (unpaired) electrons. The van der Waals surface area contributed by atoms with E-state index in [-0.39, 0.29) is 0 Å². The van der Waals surface area contributed by atoms with Gasteiger partial charge in [-0.1, -0.05) is 44.0 Å². The highest BCUT2D eigenvalue weighted by atomic mass is 35.5. The van der Waals surface area contributed by atoms with Crippen LogP contribution in [0.4, 0.5) is 0 Å². The molecule has 0 aliphatic heterocycles. The van der Waals surface area contributed by atoms with Gasteiger partial charge in [-0.05, 0) is 42.7 Å². The van der Waals surface area contributed by atoms with Gasteiger partial charge < -0.3 is 5.32 Å². The van der Waals surface area contributed by atoms with Gasteiger partial charge in [-0.15, -0.1) is 0 Å². The molecule has 0 bridgehead atoms. The molecule has 1 aromatic carbocycles. The lowest BCUT2D eigenvalue weighted by atomic mass is 10.0. The van der Waals surface area contributed by atoms with Gasteiger partial charge in [0.15, 0.2) is 0 Å².